The maximum Gasteiger partial charge on any atom is 0.143 e. The van der Waals surface area contributed by atoms with Gasteiger partial charge in [-0.2, -0.15) is 0 Å². The third-order valence-electron chi connectivity index (χ3n) is 12.4. The Balaban J connectivity index is 0.941. The second kappa shape index (κ2) is 12.1. The number of hydrogen-bond donors (Lipinski definition) is 0. The Hall–Kier alpha value is -7.26. The first-order chi connectivity index (χ1) is 28.7. The molecule has 0 bridgehead atoms. The van der Waals surface area contributed by atoms with Crippen molar-refractivity contribution in [2.75, 3.05) is 0 Å². The van der Waals surface area contributed by atoms with Gasteiger partial charge in [0.2, 0.25) is 0 Å². The average molecular weight is 753 g/mol. The van der Waals surface area contributed by atoms with E-state index in [4.69, 9.17) is 4.42 Å². The molecule has 58 heavy (non-hydrogen) atoms. The van der Waals surface area contributed by atoms with Crippen LogP contribution in [0.4, 0.5) is 0 Å². The average Bonchev–Trinajstić information content (AvgIpc) is 3.86. The molecule has 11 aromatic carbocycles. The van der Waals surface area contributed by atoms with Crippen LogP contribution in [0, 0.1) is 0 Å². The molecule has 2 heteroatoms. The lowest BCUT2D eigenvalue weighted by molar-refractivity contribution is 0.673. The molecule has 268 valence electrons. The molecule has 0 aliphatic carbocycles. The summed E-state index contributed by atoms with van der Waals surface area (Å²) in [4.78, 5) is 0. The van der Waals surface area contributed by atoms with E-state index in [-0.39, 0.29) is 0 Å². The Morgan fingerprint density at radius 1 is 0.293 bits per heavy atom. The summed E-state index contributed by atoms with van der Waals surface area (Å²) in [6.07, 6.45) is 0. The van der Waals surface area contributed by atoms with Gasteiger partial charge in [0.1, 0.15) is 11.2 Å². The molecular weight excluding hydrogens is 721 g/mol. The van der Waals surface area contributed by atoms with Gasteiger partial charge in [-0.3, -0.25) is 0 Å². The van der Waals surface area contributed by atoms with Crippen molar-refractivity contribution in [3.8, 4) is 33.4 Å². The van der Waals surface area contributed by atoms with Crippen molar-refractivity contribution >= 4 is 107 Å². The molecule has 0 amide bonds. The molecule has 0 radical (unpaired) electrons. The molecule has 0 spiro atoms. The Morgan fingerprint density at radius 2 is 0.793 bits per heavy atom. The quantitative estimate of drug-likeness (QED) is 0.164. The van der Waals surface area contributed by atoms with Crippen LogP contribution < -0.4 is 0 Å². The fourth-order valence-corrected chi connectivity index (χ4v) is 10.8. The highest BCUT2D eigenvalue weighted by atomic mass is 32.1. The summed E-state index contributed by atoms with van der Waals surface area (Å²) in [5, 5.41) is 17.3. The van der Waals surface area contributed by atoms with Crippen LogP contribution in [0.5, 0.6) is 0 Å². The Morgan fingerprint density at radius 3 is 1.50 bits per heavy atom. The van der Waals surface area contributed by atoms with Gasteiger partial charge in [0.25, 0.3) is 0 Å². The zero-order chi connectivity index (χ0) is 37.9. The zero-order valence-electron chi connectivity index (χ0n) is 31.3. The summed E-state index contributed by atoms with van der Waals surface area (Å²) in [6.45, 7) is 0. The second-order valence-electron chi connectivity index (χ2n) is 15.6. The van der Waals surface area contributed by atoms with E-state index in [2.05, 4.69) is 194 Å². The van der Waals surface area contributed by atoms with Gasteiger partial charge in [-0.1, -0.05) is 146 Å². The summed E-state index contributed by atoms with van der Waals surface area (Å²) >= 11 is 1.85. The molecule has 0 saturated carbocycles. The van der Waals surface area contributed by atoms with Crippen molar-refractivity contribution in [1.29, 1.82) is 0 Å². The standard InChI is InChI=1S/C56H32OS/c1-2-10-35-30-40(21-17-33(35)9-1)52-42-11-3-5-13-44(42)53(45-14-6-4-12-43(45)52)41-22-20-36-29-37(18-19-38(36)31-41)39-24-27-49-48(32-39)46-26-23-34-25-28-51-55(54(34)56(46)57-49)47-15-7-8-16-50(47)58-51/h1-32H. The van der Waals surface area contributed by atoms with Crippen LogP contribution in [-0.4, -0.2) is 0 Å². The minimum atomic E-state index is 0.916. The molecule has 0 unspecified atom stereocenters. The van der Waals surface area contributed by atoms with Gasteiger partial charge in [-0.15, -0.1) is 11.3 Å². The van der Waals surface area contributed by atoms with Crippen LogP contribution in [0.2, 0.25) is 0 Å². The Bertz CT molecular complexity index is 3810. The van der Waals surface area contributed by atoms with E-state index in [1.54, 1.807) is 0 Å². The third-order valence-corrected chi connectivity index (χ3v) is 13.5. The minimum absolute atomic E-state index is 0.916. The molecule has 0 saturated heterocycles. The topological polar surface area (TPSA) is 13.1 Å². The van der Waals surface area contributed by atoms with E-state index in [1.165, 1.54) is 107 Å². The van der Waals surface area contributed by atoms with Gasteiger partial charge >= 0.3 is 0 Å². The normalized spacial score (nSPS) is 12.1. The van der Waals surface area contributed by atoms with Gasteiger partial charge in [-0.05, 0) is 130 Å². The lowest BCUT2D eigenvalue weighted by Crippen LogP contribution is -1.91. The minimum Gasteiger partial charge on any atom is -0.455 e. The number of benzene rings is 11. The lowest BCUT2D eigenvalue weighted by Gasteiger charge is -2.18. The number of rotatable bonds is 3. The number of fused-ring (bicyclic) bond motifs is 13. The van der Waals surface area contributed by atoms with Crippen molar-refractivity contribution in [2.45, 2.75) is 0 Å². The van der Waals surface area contributed by atoms with Crippen molar-refractivity contribution in [3.05, 3.63) is 194 Å². The SMILES string of the molecule is c1ccc2cc(-c3c4ccccc4c(-c4ccc5cc(-c6ccc7oc8c(ccc9ccc%10sc%11ccccc%11c%10c98)c7c6)ccc5c4)c4ccccc34)ccc2c1. The van der Waals surface area contributed by atoms with E-state index in [9.17, 15) is 0 Å². The monoisotopic (exact) mass is 752 g/mol. The first-order valence-corrected chi connectivity index (χ1v) is 20.7. The fourth-order valence-electron chi connectivity index (χ4n) is 9.71. The highest BCUT2D eigenvalue weighted by Gasteiger charge is 2.19. The van der Waals surface area contributed by atoms with Crippen LogP contribution >= 0.6 is 11.3 Å². The van der Waals surface area contributed by atoms with Gasteiger partial charge in [0, 0.05) is 36.3 Å². The highest BCUT2D eigenvalue weighted by Crippen LogP contribution is 2.46. The predicted molar refractivity (Wildman–Crippen MR) is 250 cm³/mol. The van der Waals surface area contributed by atoms with Gasteiger partial charge in [0.15, 0.2) is 0 Å². The zero-order valence-corrected chi connectivity index (χ0v) is 32.1. The third kappa shape index (κ3) is 4.64. The molecule has 1 nitrogen and oxygen atoms in total. The highest BCUT2D eigenvalue weighted by molar-refractivity contribution is 7.26. The van der Waals surface area contributed by atoms with Gasteiger partial charge in [-0.25, -0.2) is 0 Å². The summed E-state index contributed by atoms with van der Waals surface area (Å²) < 4.78 is 9.32. The van der Waals surface area contributed by atoms with Crippen LogP contribution in [0.3, 0.4) is 0 Å². The van der Waals surface area contributed by atoms with E-state index in [0.29, 0.717) is 0 Å². The molecule has 0 aliphatic heterocycles. The van der Waals surface area contributed by atoms with Crippen molar-refractivity contribution < 1.29 is 4.42 Å². The molecular formula is C56H32OS. The summed E-state index contributed by atoms with van der Waals surface area (Å²) in [5.74, 6) is 0. The van der Waals surface area contributed by atoms with Crippen LogP contribution in [0.15, 0.2) is 199 Å². The van der Waals surface area contributed by atoms with Crippen LogP contribution in [-0.2, 0) is 0 Å². The Labute approximate surface area is 337 Å². The summed E-state index contributed by atoms with van der Waals surface area (Å²) in [6, 6.07) is 71.5. The largest absolute Gasteiger partial charge is 0.455 e. The molecule has 0 aliphatic rings. The predicted octanol–water partition coefficient (Wildman–Crippen LogP) is 16.7. The van der Waals surface area contributed by atoms with Gasteiger partial charge in [0.05, 0.1) is 0 Å². The van der Waals surface area contributed by atoms with Crippen molar-refractivity contribution in [1.82, 2.24) is 0 Å². The number of thiophene rings is 1. The van der Waals surface area contributed by atoms with E-state index < -0.39 is 0 Å². The first kappa shape index (κ1) is 31.9. The molecule has 0 atom stereocenters. The molecule has 13 aromatic rings. The van der Waals surface area contributed by atoms with Crippen molar-refractivity contribution in [2.24, 2.45) is 0 Å². The lowest BCUT2D eigenvalue weighted by atomic mass is 9.85. The van der Waals surface area contributed by atoms with Crippen molar-refractivity contribution in [3.63, 3.8) is 0 Å². The fraction of sp³-hybridized carbons (Fsp3) is 0. The molecule has 13 rings (SSSR count). The van der Waals surface area contributed by atoms with Crippen LogP contribution in [0.25, 0.3) is 129 Å². The molecule has 2 heterocycles. The molecule has 0 fully saturated rings. The summed E-state index contributed by atoms with van der Waals surface area (Å²) in [7, 11) is 0. The number of hydrogen-bond acceptors (Lipinski definition) is 2. The maximum absolute atomic E-state index is 6.72. The van der Waals surface area contributed by atoms with E-state index in [0.717, 1.165) is 21.9 Å². The van der Waals surface area contributed by atoms with E-state index >= 15 is 0 Å². The smallest absolute Gasteiger partial charge is 0.143 e. The van der Waals surface area contributed by atoms with Crippen LogP contribution in [0.1, 0.15) is 0 Å². The first-order valence-electron chi connectivity index (χ1n) is 19.9. The van der Waals surface area contributed by atoms with E-state index in [1.807, 2.05) is 11.3 Å². The maximum atomic E-state index is 6.72. The number of furan rings is 1. The molecule has 0 N–H and O–H groups in total. The Kier molecular flexibility index (Phi) is 6.66. The summed E-state index contributed by atoms with van der Waals surface area (Å²) in [5.41, 5.74) is 9.29. The molecule has 2 aromatic heterocycles. The second-order valence-corrected chi connectivity index (χ2v) is 16.7. The van der Waals surface area contributed by atoms with Gasteiger partial charge < -0.3 is 4.42 Å².